The second kappa shape index (κ2) is 9.52. The van der Waals surface area contributed by atoms with Crippen molar-refractivity contribution in [1.82, 2.24) is 0 Å². The van der Waals surface area contributed by atoms with Gasteiger partial charge in [-0.2, -0.15) is 5.26 Å². The smallest absolute Gasteiger partial charge is 0.411 e. The van der Waals surface area contributed by atoms with E-state index in [0.29, 0.717) is 12.3 Å². The van der Waals surface area contributed by atoms with Crippen LogP contribution in [0.1, 0.15) is 69.5 Å². The Kier molecular flexibility index (Phi) is 6.55. The Labute approximate surface area is 190 Å². The third-order valence-corrected chi connectivity index (χ3v) is 6.22. The van der Waals surface area contributed by atoms with Gasteiger partial charge in [-0.15, -0.1) is 0 Å². The number of benzene rings is 2. The van der Waals surface area contributed by atoms with Gasteiger partial charge in [-0.3, -0.25) is 5.32 Å². The molecule has 2 aromatic rings. The number of hydrogen-bond donors (Lipinski definition) is 1. The Morgan fingerprint density at radius 3 is 2.56 bits per heavy atom. The number of carbonyl (C=O) groups is 1. The zero-order valence-electron chi connectivity index (χ0n) is 19.0. The molecule has 1 heterocycles. The summed E-state index contributed by atoms with van der Waals surface area (Å²) in [7, 11) is 0. The third kappa shape index (κ3) is 4.38. The number of anilines is 2. The number of nitrogens with zero attached hydrogens (tertiary/aromatic N) is 2. The van der Waals surface area contributed by atoms with Gasteiger partial charge in [0, 0.05) is 23.5 Å². The van der Waals surface area contributed by atoms with E-state index in [9.17, 15) is 10.1 Å². The molecule has 1 amide bonds. The average molecular weight is 434 g/mol. The van der Waals surface area contributed by atoms with E-state index >= 15 is 0 Å². The quantitative estimate of drug-likeness (QED) is 0.566. The highest BCUT2D eigenvalue weighted by molar-refractivity contribution is 5.84. The van der Waals surface area contributed by atoms with E-state index in [-0.39, 0.29) is 24.1 Å². The van der Waals surface area contributed by atoms with Crippen molar-refractivity contribution in [2.45, 2.75) is 70.6 Å². The standard InChI is InChI=1S/C26H31N3O3/c1-4-14-31-21-12-13-22-23(16-27)25(29(17(2)3)24(22)15-21)18-8-10-19(11-9-18)28-26(30)32-20-6-5-7-20/h8-13,15,17,20,23,25H,4-7,14H2,1-3H3,(H,28,30). The second-order valence-electron chi connectivity index (χ2n) is 8.83. The number of nitrogens with one attached hydrogen (secondary N) is 1. The SMILES string of the molecule is CCCOc1ccc2c(c1)N(C(C)C)C(c1ccc(NC(=O)OC3CCC3)cc1)C2C#N. The van der Waals surface area contributed by atoms with Gasteiger partial charge in [-0.1, -0.05) is 25.1 Å². The van der Waals surface area contributed by atoms with Gasteiger partial charge in [0.1, 0.15) is 11.9 Å². The molecule has 1 fully saturated rings. The summed E-state index contributed by atoms with van der Waals surface area (Å²) in [5.41, 5.74) is 3.81. The first-order valence-corrected chi connectivity index (χ1v) is 11.5. The zero-order chi connectivity index (χ0) is 22.7. The predicted octanol–water partition coefficient (Wildman–Crippen LogP) is 6.15. The number of nitriles is 1. The number of amides is 1. The first-order valence-electron chi connectivity index (χ1n) is 11.5. The molecule has 1 N–H and O–H groups in total. The Morgan fingerprint density at radius 2 is 1.97 bits per heavy atom. The summed E-state index contributed by atoms with van der Waals surface area (Å²) in [5, 5.41) is 12.9. The summed E-state index contributed by atoms with van der Waals surface area (Å²) in [4.78, 5) is 14.4. The summed E-state index contributed by atoms with van der Waals surface area (Å²) < 4.78 is 11.2. The maximum atomic E-state index is 12.1. The molecule has 6 nitrogen and oxygen atoms in total. The van der Waals surface area contributed by atoms with Crippen LogP contribution in [0.5, 0.6) is 5.75 Å². The maximum Gasteiger partial charge on any atom is 0.411 e. The Morgan fingerprint density at radius 1 is 1.22 bits per heavy atom. The monoisotopic (exact) mass is 433 g/mol. The first kappa shape index (κ1) is 22.0. The van der Waals surface area contributed by atoms with Gasteiger partial charge in [0.25, 0.3) is 0 Å². The lowest BCUT2D eigenvalue weighted by molar-refractivity contribution is 0.0624. The molecular weight excluding hydrogens is 402 g/mol. The van der Waals surface area contributed by atoms with E-state index < -0.39 is 6.09 Å². The van der Waals surface area contributed by atoms with E-state index in [4.69, 9.17) is 9.47 Å². The fourth-order valence-corrected chi connectivity index (χ4v) is 4.44. The van der Waals surface area contributed by atoms with Crippen LogP contribution < -0.4 is 15.0 Å². The Balaban J connectivity index is 1.57. The normalized spacial score (nSPS) is 19.8. The van der Waals surface area contributed by atoms with Crippen molar-refractivity contribution in [2.24, 2.45) is 0 Å². The number of hydrogen-bond acceptors (Lipinski definition) is 5. The lowest BCUT2D eigenvalue weighted by atomic mass is 9.91. The molecule has 2 aliphatic rings. The summed E-state index contributed by atoms with van der Waals surface area (Å²) in [5.74, 6) is 0.549. The molecule has 6 heteroatoms. The van der Waals surface area contributed by atoms with Gasteiger partial charge in [0.05, 0.1) is 24.6 Å². The van der Waals surface area contributed by atoms with Crippen LogP contribution in [0, 0.1) is 11.3 Å². The summed E-state index contributed by atoms with van der Waals surface area (Å²) in [6.07, 6.45) is 3.60. The van der Waals surface area contributed by atoms with Crippen LogP contribution in [-0.4, -0.2) is 24.8 Å². The van der Waals surface area contributed by atoms with Crippen molar-refractivity contribution in [3.05, 3.63) is 53.6 Å². The number of carbonyl (C=O) groups excluding carboxylic acids is 1. The van der Waals surface area contributed by atoms with Crippen molar-refractivity contribution in [1.29, 1.82) is 5.26 Å². The minimum absolute atomic E-state index is 0.0495. The Hall–Kier alpha value is -3.20. The fraction of sp³-hybridized carbons (Fsp3) is 0.462. The number of ether oxygens (including phenoxy) is 2. The van der Waals surface area contributed by atoms with Gasteiger partial charge in [0.15, 0.2) is 0 Å². The van der Waals surface area contributed by atoms with E-state index in [1.54, 1.807) is 0 Å². The van der Waals surface area contributed by atoms with Crippen molar-refractivity contribution in [3.63, 3.8) is 0 Å². The maximum absolute atomic E-state index is 12.1. The van der Waals surface area contributed by atoms with Crippen molar-refractivity contribution in [3.8, 4) is 11.8 Å². The third-order valence-electron chi connectivity index (χ3n) is 6.22. The van der Waals surface area contributed by atoms with Crippen LogP contribution in [0.15, 0.2) is 42.5 Å². The molecule has 0 saturated heterocycles. The van der Waals surface area contributed by atoms with Crippen molar-refractivity contribution >= 4 is 17.5 Å². The highest BCUT2D eigenvalue weighted by Crippen LogP contribution is 2.50. The van der Waals surface area contributed by atoms with Crippen molar-refractivity contribution < 1.29 is 14.3 Å². The average Bonchev–Trinajstić information content (AvgIpc) is 3.09. The molecule has 1 aliphatic heterocycles. The molecule has 1 aliphatic carbocycles. The van der Waals surface area contributed by atoms with E-state index in [2.05, 4.69) is 43.1 Å². The van der Waals surface area contributed by atoms with Gasteiger partial charge < -0.3 is 14.4 Å². The minimum Gasteiger partial charge on any atom is -0.494 e. The molecular formula is C26H31N3O3. The molecule has 0 bridgehead atoms. The van der Waals surface area contributed by atoms with Crippen LogP contribution >= 0.6 is 0 Å². The van der Waals surface area contributed by atoms with Crippen molar-refractivity contribution in [2.75, 3.05) is 16.8 Å². The molecule has 1 saturated carbocycles. The van der Waals surface area contributed by atoms with E-state index in [1.165, 1.54) is 0 Å². The molecule has 2 unspecified atom stereocenters. The molecule has 0 radical (unpaired) electrons. The molecule has 4 rings (SSSR count). The lowest BCUT2D eigenvalue weighted by Gasteiger charge is -2.33. The highest BCUT2D eigenvalue weighted by atomic mass is 16.6. The minimum atomic E-state index is -0.408. The van der Waals surface area contributed by atoms with Gasteiger partial charge >= 0.3 is 6.09 Å². The summed E-state index contributed by atoms with van der Waals surface area (Å²) in [6.45, 7) is 7.04. The largest absolute Gasteiger partial charge is 0.494 e. The van der Waals surface area contributed by atoms with Crippen LogP contribution in [0.25, 0.3) is 0 Å². The second-order valence-corrected chi connectivity index (χ2v) is 8.83. The summed E-state index contributed by atoms with van der Waals surface area (Å²) in [6, 6.07) is 16.4. The molecule has 0 spiro atoms. The van der Waals surface area contributed by atoms with Crippen LogP contribution in [0.2, 0.25) is 0 Å². The van der Waals surface area contributed by atoms with E-state index in [0.717, 1.165) is 48.2 Å². The van der Waals surface area contributed by atoms with Crippen LogP contribution in [0.4, 0.5) is 16.2 Å². The fourth-order valence-electron chi connectivity index (χ4n) is 4.44. The number of fused-ring (bicyclic) bond motifs is 1. The molecule has 168 valence electrons. The lowest BCUT2D eigenvalue weighted by Crippen LogP contribution is -2.33. The van der Waals surface area contributed by atoms with E-state index in [1.807, 2.05) is 36.4 Å². The number of rotatable bonds is 7. The predicted molar refractivity (Wildman–Crippen MR) is 125 cm³/mol. The highest BCUT2D eigenvalue weighted by Gasteiger charge is 2.41. The Bertz CT molecular complexity index is 992. The first-order chi connectivity index (χ1) is 15.5. The van der Waals surface area contributed by atoms with Crippen LogP contribution in [0.3, 0.4) is 0 Å². The topological polar surface area (TPSA) is 74.6 Å². The molecule has 2 aromatic carbocycles. The van der Waals surface area contributed by atoms with Gasteiger partial charge in [-0.05, 0) is 68.9 Å². The summed E-state index contributed by atoms with van der Waals surface area (Å²) >= 11 is 0. The molecule has 2 atom stereocenters. The van der Waals surface area contributed by atoms with Gasteiger partial charge in [-0.25, -0.2) is 4.79 Å². The molecule has 0 aromatic heterocycles. The zero-order valence-corrected chi connectivity index (χ0v) is 19.0. The van der Waals surface area contributed by atoms with Gasteiger partial charge in [0.2, 0.25) is 0 Å². The molecule has 32 heavy (non-hydrogen) atoms. The van der Waals surface area contributed by atoms with Crippen LogP contribution in [-0.2, 0) is 4.74 Å².